The second-order valence-corrected chi connectivity index (χ2v) is 6.59. The number of ether oxygens (including phenoxy) is 1. The first-order valence-electron chi connectivity index (χ1n) is 7.49. The molecule has 20 heavy (non-hydrogen) atoms. The van der Waals surface area contributed by atoms with Gasteiger partial charge < -0.3 is 4.74 Å². The van der Waals surface area contributed by atoms with E-state index in [0.29, 0.717) is 5.92 Å². The molecule has 1 aromatic rings. The third-order valence-electron chi connectivity index (χ3n) is 4.59. The van der Waals surface area contributed by atoms with Crippen LogP contribution in [-0.4, -0.2) is 7.11 Å². The van der Waals surface area contributed by atoms with E-state index in [-0.39, 0.29) is 6.04 Å². The van der Waals surface area contributed by atoms with Crippen LogP contribution in [0.2, 0.25) is 0 Å². The number of halogens is 1. The zero-order valence-corrected chi connectivity index (χ0v) is 13.9. The maximum Gasteiger partial charge on any atom is 0.133 e. The Labute approximate surface area is 130 Å². The number of methoxy groups -OCH3 is 1. The molecule has 3 unspecified atom stereocenters. The lowest BCUT2D eigenvalue weighted by Crippen LogP contribution is -2.35. The van der Waals surface area contributed by atoms with E-state index in [0.717, 1.165) is 16.1 Å². The van der Waals surface area contributed by atoms with Gasteiger partial charge in [0.15, 0.2) is 0 Å². The predicted molar refractivity (Wildman–Crippen MR) is 86.5 cm³/mol. The van der Waals surface area contributed by atoms with Gasteiger partial charge in [0.05, 0.1) is 11.6 Å². The lowest BCUT2D eigenvalue weighted by atomic mass is 9.75. The number of benzene rings is 1. The Morgan fingerprint density at radius 1 is 1.45 bits per heavy atom. The molecule has 1 aromatic carbocycles. The Bertz CT molecular complexity index is 438. The van der Waals surface area contributed by atoms with Crippen molar-refractivity contribution >= 4 is 15.9 Å². The molecular formula is C16H25BrN2O. The molecule has 3 N–H and O–H groups in total. The van der Waals surface area contributed by atoms with Crippen LogP contribution in [0.1, 0.15) is 50.6 Å². The molecule has 0 radical (unpaired) electrons. The topological polar surface area (TPSA) is 47.3 Å². The van der Waals surface area contributed by atoms with E-state index >= 15 is 0 Å². The van der Waals surface area contributed by atoms with Crippen LogP contribution in [0.3, 0.4) is 0 Å². The normalized spacial score (nSPS) is 24.4. The van der Waals surface area contributed by atoms with Gasteiger partial charge in [-0.05, 0) is 58.3 Å². The standard InChI is InChI=1S/C16H25BrN2O/c1-3-11-5-4-6-12(9-11)16(19-18)13-7-8-15(20-2)14(17)10-13/h7-8,10-12,16,19H,3-6,9,18H2,1-2H3. The van der Waals surface area contributed by atoms with Gasteiger partial charge >= 0.3 is 0 Å². The molecule has 1 aliphatic carbocycles. The molecule has 1 aliphatic rings. The van der Waals surface area contributed by atoms with Crippen LogP contribution >= 0.6 is 15.9 Å². The van der Waals surface area contributed by atoms with Crippen LogP contribution in [0, 0.1) is 11.8 Å². The summed E-state index contributed by atoms with van der Waals surface area (Å²) < 4.78 is 6.28. The second-order valence-electron chi connectivity index (χ2n) is 5.74. The van der Waals surface area contributed by atoms with Gasteiger partial charge in [-0.15, -0.1) is 0 Å². The number of nitrogens with two attached hydrogens (primary N) is 1. The van der Waals surface area contributed by atoms with Gasteiger partial charge in [0.25, 0.3) is 0 Å². The van der Waals surface area contributed by atoms with Gasteiger partial charge in [0.1, 0.15) is 5.75 Å². The fraction of sp³-hybridized carbons (Fsp3) is 0.625. The molecule has 112 valence electrons. The third kappa shape index (κ3) is 3.54. The molecule has 0 aromatic heterocycles. The minimum absolute atomic E-state index is 0.228. The highest BCUT2D eigenvalue weighted by Gasteiger charge is 2.28. The van der Waals surface area contributed by atoms with Gasteiger partial charge in [0.2, 0.25) is 0 Å². The molecule has 0 bridgehead atoms. The Morgan fingerprint density at radius 2 is 2.25 bits per heavy atom. The fourth-order valence-electron chi connectivity index (χ4n) is 3.39. The van der Waals surface area contributed by atoms with Crippen LogP contribution in [0.4, 0.5) is 0 Å². The number of rotatable bonds is 5. The summed E-state index contributed by atoms with van der Waals surface area (Å²) in [7, 11) is 1.69. The highest BCUT2D eigenvalue weighted by atomic mass is 79.9. The van der Waals surface area contributed by atoms with E-state index < -0.39 is 0 Å². The Morgan fingerprint density at radius 3 is 2.85 bits per heavy atom. The molecule has 0 spiro atoms. The van der Waals surface area contributed by atoms with Crippen LogP contribution in [0.15, 0.2) is 22.7 Å². The highest BCUT2D eigenvalue weighted by molar-refractivity contribution is 9.10. The lowest BCUT2D eigenvalue weighted by Gasteiger charge is -2.34. The summed E-state index contributed by atoms with van der Waals surface area (Å²) in [5, 5.41) is 0. The van der Waals surface area contributed by atoms with Crippen LogP contribution < -0.4 is 16.0 Å². The molecule has 0 heterocycles. The summed E-state index contributed by atoms with van der Waals surface area (Å²) >= 11 is 3.56. The maximum atomic E-state index is 5.85. The van der Waals surface area contributed by atoms with E-state index in [2.05, 4.69) is 40.4 Å². The van der Waals surface area contributed by atoms with Gasteiger partial charge in [-0.1, -0.05) is 32.3 Å². The van der Waals surface area contributed by atoms with Crippen molar-refractivity contribution in [1.29, 1.82) is 0 Å². The molecular weight excluding hydrogens is 316 g/mol. The van der Waals surface area contributed by atoms with Crippen molar-refractivity contribution in [2.75, 3.05) is 7.11 Å². The van der Waals surface area contributed by atoms with Crippen molar-refractivity contribution in [2.24, 2.45) is 17.7 Å². The molecule has 3 atom stereocenters. The summed E-state index contributed by atoms with van der Waals surface area (Å²) in [6.45, 7) is 2.29. The fourth-order valence-corrected chi connectivity index (χ4v) is 3.95. The van der Waals surface area contributed by atoms with Gasteiger partial charge in [0, 0.05) is 6.04 Å². The first kappa shape index (κ1) is 15.8. The number of hydrogen-bond acceptors (Lipinski definition) is 3. The molecule has 1 saturated carbocycles. The summed E-state index contributed by atoms with van der Waals surface area (Å²) in [6.07, 6.45) is 6.50. The van der Waals surface area contributed by atoms with Crippen molar-refractivity contribution in [2.45, 2.75) is 45.1 Å². The molecule has 4 heteroatoms. The molecule has 0 amide bonds. The minimum Gasteiger partial charge on any atom is -0.496 e. The van der Waals surface area contributed by atoms with E-state index in [1.807, 2.05) is 6.07 Å². The van der Waals surface area contributed by atoms with Crippen molar-refractivity contribution in [1.82, 2.24) is 5.43 Å². The molecule has 0 aliphatic heterocycles. The first-order chi connectivity index (χ1) is 9.69. The van der Waals surface area contributed by atoms with Crippen molar-refractivity contribution in [3.63, 3.8) is 0 Å². The SMILES string of the molecule is CCC1CCCC(C(NN)c2ccc(OC)c(Br)c2)C1. The average molecular weight is 341 g/mol. The minimum atomic E-state index is 0.228. The summed E-state index contributed by atoms with van der Waals surface area (Å²) in [4.78, 5) is 0. The molecule has 3 nitrogen and oxygen atoms in total. The summed E-state index contributed by atoms with van der Waals surface area (Å²) in [6, 6.07) is 6.47. The van der Waals surface area contributed by atoms with Gasteiger partial charge in [-0.3, -0.25) is 11.3 Å². The molecule has 1 fully saturated rings. The average Bonchev–Trinajstić information content (AvgIpc) is 2.48. The number of nitrogens with one attached hydrogen (secondary N) is 1. The zero-order chi connectivity index (χ0) is 14.5. The third-order valence-corrected chi connectivity index (χ3v) is 5.21. The van der Waals surface area contributed by atoms with Crippen molar-refractivity contribution in [3.8, 4) is 5.75 Å². The monoisotopic (exact) mass is 340 g/mol. The quantitative estimate of drug-likeness (QED) is 0.624. The zero-order valence-electron chi connectivity index (χ0n) is 12.4. The second kappa shape index (κ2) is 7.43. The molecule has 0 saturated heterocycles. The predicted octanol–water partition coefficient (Wildman–Crippen LogP) is 4.18. The van der Waals surface area contributed by atoms with Gasteiger partial charge in [-0.25, -0.2) is 0 Å². The Hall–Kier alpha value is -0.580. The van der Waals surface area contributed by atoms with E-state index in [9.17, 15) is 0 Å². The van der Waals surface area contributed by atoms with Gasteiger partial charge in [-0.2, -0.15) is 0 Å². The number of hydrazine groups is 1. The smallest absolute Gasteiger partial charge is 0.133 e. The number of hydrogen-bond donors (Lipinski definition) is 2. The largest absolute Gasteiger partial charge is 0.496 e. The van der Waals surface area contributed by atoms with E-state index in [1.54, 1.807) is 7.11 Å². The summed E-state index contributed by atoms with van der Waals surface area (Å²) in [5.41, 5.74) is 4.27. The van der Waals surface area contributed by atoms with Crippen LogP contribution in [0.25, 0.3) is 0 Å². The van der Waals surface area contributed by atoms with Crippen LogP contribution in [-0.2, 0) is 0 Å². The Balaban J connectivity index is 2.16. The van der Waals surface area contributed by atoms with E-state index in [4.69, 9.17) is 10.6 Å². The molecule has 2 rings (SSSR count). The van der Waals surface area contributed by atoms with Crippen molar-refractivity contribution in [3.05, 3.63) is 28.2 Å². The lowest BCUT2D eigenvalue weighted by molar-refractivity contribution is 0.210. The van der Waals surface area contributed by atoms with E-state index in [1.165, 1.54) is 37.7 Å². The summed E-state index contributed by atoms with van der Waals surface area (Å²) in [5.74, 6) is 8.18. The van der Waals surface area contributed by atoms with Crippen molar-refractivity contribution < 1.29 is 4.74 Å². The Kier molecular flexibility index (Phi) is 5.87. The highest BCUT2D eigenvalue weighted by Crippen LogP contribution is 2.39. The maximum absolute atomic E-state index is 5.85. The first-order valence-corrected chi connectivity index (χ1v) is 8.28. The van der Waals surface area contributed by atoms with Crippen LogP contribution in [0.5, 0.6) is 5.75 Å².